The summed E-state index contributed by atoms with van der Waals surface area (Å²) in [5.74, 6) is 0. The van der Waals surface area contributed by atoms with E-state index >= 15 is 0 Å². The third kappa shape index (κ3) is 4.71. The molecule has 1 N–H and O–H groups in total. The van der Waals surface area contributed by atoms with Crippen LogP contribution in [0.4, 0.5) is 0 Å². The van der Waals surface area contributed by atoms with Crippen LogP contribution in [-0.2, 0) is 9.47 Å². The van der Waals surface area contributed by atoms with Crippen molar-refractivity contribution in [3.05, 3.63) is 0 Å². The van der Waals surface area contributed by atoms with Gasteiger partial charge in [0.2, 0.25) is 0 Å². The van der Waals surface area contributed by atoms with Crippen molar-refractivity contribution in [3.8, 4) is 0 Å². The average Bonchev–Trinajstić information content (AvgIpc) is 2.87. The molecule has 0 aromatic heterocycles. The standard InChI is InChI=1S/C15H30N2O2/c1-18-14-11-17(12-15(14)19-2)10-6-9-16-13-7-4-3-5-8-13/h13-16H,3-12H2,1-2H3. The molecule has 1 heterocycles. The molecule has 1 aliphatic heterocycles. The topological polar surface area (TPSA) is 33.7 Å². The number of rotatable bonds is 7. The zero-order chi connectivity index (χ0) is 13.5. The van der Waals surface area contributed by atoms with E-state index in [9.17, 15) is 0 Å². The molecule has 2 rings (SSSR count). The predicted molar refractivity (Wildman–Crippen MR) is 77.5 cm³/mol. The van der Waals surface area contributed by atoms with Crippen LogP contribution in [0.1, 0.15) is 38.5 Å². The highest BCUT2D eigenvalue weighted by atomic mass is 16.5. The zero-order valence-electron chi connectivity index (χ0n) is 12.6. The van der Waals surface area contributed by atoms with Gasteiger partial charge in [-0.05, 0) is 32.4 Å². The summed E-state index contributed by atoms with van der Waals surface area (Å²) in [6.07, 6.45) is 8.73. The summed E-state index contributed by atoms with van der Waals surface area (Å²) >= 11 is 0. The number of methoxy groups -OCH3 is 2. The molecule has 1 aliphatic carbocycles. The molecule has 0 amide bonds. The van der Waals surface area contributed by atoms with Gasteiger partial charge < -0.3 is 14.8 Å². The lowest BCUT2D eigenvalue weighted by molar-refractivity contribution is -0.00461. The van der Waals surface area contributed by atoms with E-state index < -0.39 is 0 Å². The van der Waals surface area contributed by atoms with Crippen LogP contribution in [0.2, 0.25) is 0 Å². The minimum absolute atomic E-state index is 0.247. The Kier molecular flexibility index (Phi) is 6.57. The van der Waals surface area contributed by atoms with Gasteiger partial charge in [-0.3, -0.25) is 4.90 Å². The van der Waals surface area contributed by atoms with Crippen molar-refractivity contribution in [2.24, 2.45) is 0 Å². The van der Waals surface area contributed by atoms with E-state index in [1.807, 2.05) is 0 Å². The minimum atomic E-state index is 0.247. The molecular weight excluding hydrogens is 240 g/mol. The molecular formula is C15H30N2O2. The van der Waals surface area contributed by atoms with Crippen LogP contribution in [0.5, 0.6) is 0 Å². The van der Waals surface area contributed by atoms with Crippen molar-refractivity contribution in [1.82, 2.24) is 10.2 Å². The molecule has 2 fully saturated rings. The quantitative estimate of drug-likeness (QED) is 0.713. The van der Waals surface area contributed by atoms with Crippen LogP contribution in [-0.4, -0.2) is 63.5 Å². The molecule has 112 valence electrons. The summed E-state index contributed by atoms with van der Waals surface area (Å²) in [5, 5.41) is 3.71. The molecule has 1 saturated heterocycles. The maximum Gasteiger partial charge on any atom is 0.0971 e. The second-order valence-corrected chi connectivity index (χ2v) is 5.95. The fraction of sp³-hybridized carbons (Fsp3) is 1.00. The predicted octanol–water partition coefficient (Wildman–Crippen LogP) is 1.64. The number of nitrogens with zero attached hydrogens (tertiary/aromatic N) is 1. The lowest BCUT2D eigenvalue weighted by Gasteiger charge is -2.23. The summed E-state index contributed by atoms with van der Waals surface area (Å²) in [5.41, 5.74) is 0. The molecule has 0 bridgehead atoms. The van der Waals surface area contributed by atoms with E-state index in [0.29, 0.717) is 0 Å². The van der Waals surface area contributed by atoms with E-state index in [1.54, 1.807) is 14.2 Å². The van der Waals surface area contributed by atoms with Crippen molar-refractivity contribution in [3.63, 3.8) is 0 Å². The molecule has 0 aromatic rings. The molecule has 19 heavy (non-hydrogen) atoms. The van der Waals surface area contributed by atoms with Gasteiger partial charge in [0.05, 0.1) is 12.2 Å². The Labute approximate surface area is 117 Å². The molecule has 0 aromatic carbocycles. The van der Waals surface area contributed by atoms with Gasteiger partial charge in [0.25, 0.3) is 0 Å². The molecule has 4 heteroatoms. The lowest BCUT2D eigenvalue weighted by Crippen LogP contribution is -2.33. The molecule has 2 atom stereocenters. The van der Waals surface area contributed by atoms with E-state index in [1.165, 1.54) is 38.5 Å². The summed E-state index contributed by atoms with van der Waals surface area (Å²) in [4.78, 5) is 2.46. The molecule has 0 radical (unpaired) electrons. The van der Waals surface area contributed by atoms with Gasteiger partial charge in [-0.15, -0.1) is 0 Å². The summed E-state index contributed by atoms with van der Waals surface area (Å²) < 4.78 is 10.9. The Morgan fingerprint density at radius 2 is 1.63 bits per heavy atom. The van der Waals surface area contributed by atoms with E-state index in [2.05, 4.69) is 10.2 Å². The first-order chi connectivity index (χ1) is 9.33. The zero-order valence-corrected chi connectivity index (χ0v) is 12.6. The maximum absolute atomic E-state index is 5.46. The Balaban J connectivity index is 1.56. The Morgan fingerprint density at radius 3 is 2.21 bits per heavy atom. The highest BCUT2D eigenvalue weighted by Gasteiger charge is 2.32. The normalized spacial score (nSPS) is 30.0. The number of hydrogen-bond donors (Lipinski definition) is 1. The van der Waals surface area contributed by atoms with Crippen molar-refractivity contribution in [2.45, 2.75) is 56.8 Å². The maximum atomic E-state index is 5.46. The fourth-order valence-corrected chi connectivity index (χ4v) is 3.37. The largest absolute Gasteiger partial charge is 0.377 e. The summed E-state index contributed by atoms with van der Waals surface area (Å²) in [6, 6.07) is 0.783. The van der Waals surface area contributed by atoms with Crippen molar-refractivity contribution in [2.75, 3.05) is 40.4 Å². The monoisotopic (exact) mass is 270 g/mol. The molecule has 4 nitrogen and oxygen atoms in total. The third-order valence-corrected chi connectivity index (χ3v) is 4.59. The lowest BCUT2D eigenvalue weighted by atomic mass is 9.95. The van der Waals surface area contributed by atoms with Crippen molar-refractivity contribution < 1.29 is 9.47 Å². The van der Waals surface area contributed by atoms with Gasteiger partial charge in [0.15, 0.2) is 0 Å². The highest BCUT2D eigenvalue weighted by molar-refractivity contribution is 4.85. The smallest absolute Gasteiger partial charge is 0.0971 e. The van der Waals surface area contributed by atoms with Crippen LogP contribution in [0.25, 0.3) is 0 Å². The summed E-state index contributed by atoms with van der Waals surface area (Å²) in [7, 11) is 3.57. The van der Waals surface area contributed by atoms with Gasteiger partial charge in [-0.25, -0.2) is 0 Å². The number of likely N-dealkylation sites (tertiary alicyclic amines) is 1. The van der Waals surface area contributed by atoms with Gasteiger partial charge in [0.1, 0.15) is 0 Å². The van der Waals surface area contributed by atoms with E-state index in [4.69, 9.17) is 9.47 Å². The van der Waals surface area contributed by atoms with Crippen LogP contribution >= 0.6 is 0 Å². The van der Waals surface area contributed by atoms with Gasteiger partial charge in [-0.1, -0.05) is 19.3 Å². The van der Waals surface area contributed by atoms with E-state index in [0.717, 1.165) is 32.2 Å². The molecule has 0 spiro atoms. The molecule has 1 saturated carbocycles. The van der Waals surface area contributed by atoms with Crippen LogP contribution in [0.3, 0.4) is 0 Å². The number of ether oxygens (including phenoxy) is 2. The van der Waals surface area contributed by atoms with Crippen LogP contribution in [0.15, 0.2) is 0 Å². The first-order valence-corrected chi connectivity index (χ1v) is 7.85. The second-order valence-electron chi connectivity index (χ2n) is 5.95. The third-order valence-electron chi connectivity index (χ3n) is 4.59. The average molecular weight is 270 g/mol. The first-order valence-electron chi connectivity index (χ1n) is 7.85. The van der Waals surface area contributed by atoms with E-state index in [-0.39, 0.29) is 12.2 Å². The SMILES string of the molecule is COC1CN(CCCNC2CCCCC2)CC1OC. The molecule has 2 aliphatic rings. The number of hydrogen-bond acceptors (Lipinski definition) is 4. The van der Waals surface area contributed by atoms with Gasteiger partial charge in [0, 0.05) is 33.4 Å². The van der Waals surface area contributed by atoms with Crippen molar-refractivity contribution >= 4 is 0 Å². The first kappa shape index (κ1) is 15.2. The number of nitrogens with one attached hydrogen (secondary N) is 1. The van der Waals surface area contributed by atoms with Gasteiger partial charge >= 0.3 is 0 Å². The van der Waals surface area contributed by atoms with Crippen molar-refractivity contribution in [1.29, 1.82) is 0 Å². The Morgan fingerprint density at radius 1 is 1.00 bits per heavy atom. The Hall–Kier alpha value is -0.160. The van der Waals surface area contributed by atoms with Gasteiger partial charge in [-0.2, -0.15) is 0 Å². The van der Waals surface area contributed by atoms with Crippen LogP contribution < -0.4 is 5.32 Å². The highest BCUT2D eigenvalue weighted by Crippen LogP contribution is 2.18. The summed E-state index contributed by atoms with van der Waals surface area (Å²) in [6.45, 7) is 4.33. The second kappa shape index (κ2) is 8.20. The Bertz CT molecular complexity index is 232. The van der Waals surface area contributed by atoms with Crippen LogP contribution in [0, 0.1) is 0 Å². The fourth-order valence-electron chi connectivity index (χ4n) is 3.37. The molecule has 2 unspecified atom stereocenters. The minimum Gasteiger partial charge on any atom is -0.377 e.